The van der Waals surface area contributed by atoms with E-state index in [1.807, 2.05) is 0 Å². The molecule has 0 aliphatic carbocycles. The standard InChI is InChI=1S/C67H133NO5/c1-3-5-7-9-11-13-15-17-18-19-20-21-22-23-24-25-27-30-33-36-39-43-47-51-55-59-65(70)64(63-69)68-66(71)60-56-52-48-44-40-37-34-31-28-26-29-32-35-38-42-46-50-54-58-62-73-67(72)61-57-53-49-45-41-16-14-12-10-8-6-4-2/h64-65,69-70H,3-63H2,1-2H3,(H,68,71). The van der Waals surface area contributed by atoms with Gasteiger partial charge >= 0.3 is 5.97 Å². The van der Waals surface area contributed by atoms with Crippen molar-refractivity contribution in [3.63, 3.8) is 0 Å². The van der Waals surface area contributed by atoms with Crippen LogP contribution in [0.5, 0.6) is 0 Å². The Morgan fingerprint density at radius 1 is 0.329 bits per heavy atom. The van der Waals surface area contributed by atoms with E-state index in [4.69, 9.17) is 4.74 Å². The molecule has 436 valence electrons. The second kappa shape index (κ2) is 63.4. The first-order valence-electron chi connectivity index (χ1n) is 33.8. The number of aliphatic hydroxyl groups excluding tert-OH is 2. The van der Waals surface area contributed by atoms with Crippen LogP contribution in [-0.4, -0.2) is 47.4 Å². The maximum atomic E-state index is 12.5. The van der Waals surface area contributed by atoms with Gasteiger partial charge in [0, 0.05) is 12.8 Å². The zero-order valence-electron chi connectivity index (χ0n) is 49.9. The molecule has 2 atom stereocenters. The number of ether oxygens (including phenoxy) is 1. The molecule has 6 nitrogen and oxygen atoms in total. The lowest BCUT2D eigenvalue weighted by Crippen LogP contribution is -2.45. The molecule has 73 heavy (non-hydrogen) atoms. The van der Waals surface area contributed by atoms with Crippen LogP contribution in [0, 0.1) is 0 Å². The number of carbonyl (C=O) groups is 2. The van der Waals surface area contributed by atoms with Gasteiger partial charge in [0.2, 0.25) is 5.91 Å². The van der Waals surface area contributed by atoms with Crippen LogP contribution in [0.2, 0.25) is 0 Å². The van der Waals surface area contributed by atoms with Gasteiger partial charge in [-0.3, -0.25) is 9.59 Å². The maximum Gasteiger partial charge on any atom is 0.305 e. The molecule has 0 rings (SSSR count). The number of nitrogens with one attached hydrogen (secondary N) is 1. The first-order valence-corrected chi connectivity index (χ1v) is 33.8. The van der Waals surface area contributed by atoms with Crippen LogP contribution in [0.4, 0.5) is 0 Å². The molecule has 0 saturated carbocycles. The van der Waals surface area contributed by atoms with E-state index in [9.17, 15) is 19.8 Å². The predicted molar refractivity (Wildman–Crippen MR) is 320 cm³/mol. The minimum atomic E-state index is -0.667. The summed E-state index contributed by atoms with van der Waals surface area (Å²) in [5, 5.41) is 23.4. The molecule has 0 bridgehead atoms. The SMILES string of the molecule is CCCCCCCCCCCCCCCCCCCCCCCCCCCC(O)C(CO)NC(=O)CCCCCCCCCCCCCCCCCCCCCOC(=O)CCCCCCCCCCCCCC. The number of aliphatic hydroxyl groups is 2. The van der Waals surface area contributed by atoms with E-state index in [1.54, 1.807) is 0 Å². The fourth-order valence-electron chi connectivity index (χ4n) is 11.0. The second-order valence-electron chi connectivity index (χ2n) is 23.5. The summed E-state index contributed by atoms with van der Waals surface area (Å²) < 4.78 is 5.48. The molecule has 2 unspecified atom stereocenters. The molecule has 6 heteroatoms. The van der Waals surface area contributed by atoms with Gasteiger partial charge in [0.25, 0.3) is 0 Å². The largest absolute Gasteiger partial charge is 0.466 e. The lowest BCUT2D eigenvalue weighted by Gasteiger charge is -2.22. The fraction of sp³-hybridized carbons (Fsp3) is 0.970. The molecule has 0 aliphatic rings. The highest BCUT2D eigenvalue weighted by molar-refractivity contribution is 5.76. The number of rotatable bonds is 64. The van der Waals surface area contributed by atoms with Gasteiger partial charge < -0.3 is 20.3 Å². The summed E-state index contributed by atoms with van der Waals surface area (Å²) in [6.07, 6.45) is 75.6. The zero-order valence-corrected chi connectivity index (χ0v) is 49.9. The Hall–Kier alpha value is -1.14. The van der Waals surface area contributed by atoms with Gasteiger partial charge in [-0.1, -0.05) is 354 Å². The highest BCUT2D eigenvalue weighted by Crippen LogP contribution is 2.19. The summed E-state index contributed by atoms with van der Waals surface area (Å²) in [6.45, 7) is 4.99. The average Bonchev–Trinajstić information content (AvgIpc) is 3.39. The van der Waals surface area contributed by atoms with E-state index in [0.29, 0.717) is 25.9 Å². The van der Waals surface area contributed by atoms with E-state index in [2.05, 4.69) is 19.2 Å². The topological polar surface area (TPSA) is 95.9 Å². The lowest BCUT2D eigenvalue weighted by molar-refractivity contribution is -0.143. The third kappa shape index (κ3) is 60.0. The molecule has 0 spiro atoms. The van der Waals surface area contributed by atoms with Gasteiger partial charge in [0.1, 0.15) is 0 Å². The third-order valence-electron chi connectivity index (χ3n) is 16.2. The Morgan fingerprint density at radius 2 is 0.562 bits per heavy atom. The number of hydrogen-bond acceptors (Lipinski definition) is 5. The van der Waals surface area contributed by atoms with Crippen LogP contribution < -0.4 is 5.32 Å². The van der Waals surface area contributed by atoms with Crippen molar-refractivity contribution in [2.24, 2.45) is 0 Å². The van der Waals surface area contributed by atoms with Crippen LogP contribution in [0.15, 0.2) is 0 Å². The Morgan fingerprint density at radius 3 is 0.836 bits per heavy atom. The summed E-state index contributed by atoms with van der Waals surface area (Å²) in [5.74, 6) is -0.0208. The molecule has 0 heterocycles. The fourth-order valence-corrected chi connectivity index (χ4v) is 11.0. The molecule has 0 fully saturated rings. The molecular weight excluding hydrogens is 899 g/mol. The Bertz CT molecular complexity index is 1050. The quantitative estimate of drug-likeness (QED) is 0.0417. The number of amides is 1. The molecule has 1 amide bonds. The van der Waals surface area contributed by atoms with Gasteiger partial charge in [-0.05, 0) is 25.7 Å². The van der Waals surface area contributed by atoms with Crippen molar-refractivity contribution in [1.82, 2.24) is 5.32 Å². The molecule has 0 radical (unpaired) electrons. The van der Waals surface area contributed by atoms with E-state index < -0.39 is 12.1 Å². The zero-order chi connectivity index (χ0) is 52.9. The third-order valence-corrected chi connectivity index (χ3v) is 16.2. The van der Waals surface area contributed by atoms with Crippen LogP contribution in [0.3, 0.4) is 0 Å². The van der Waals surface area contributed by atoms with Crippen molar-refractivity contribution in [3.8, 4) is 0 Å². The first-order chi connectivity index (χ1) is 36.0. The lowest BCUT2D eigenvalue weighted by atomic mass is 10.0. The van der Waals surface area contributed by atoms with Crippen molar-refractivity contribution >= 4 is 11.9 Å². The van der Waals surface area contributed by atoms with Crippen molar-refractivity contribution in [2.45, 2.75) is 405 Å². The molecule has 0 aromatic carbocycles. The van der Waals surface area contributed by atoms with Crippen molar-refractivity contribution in [1.29, 1.82) is 0 Å². The molecule has 0 aliphatic heterocycles. The molecule has 0 aromatic rings. The highest BCUT2D eigenvalue weighted by atomic mass is 16.5. The molecular formula is C67H133NO5. The highest BCUT2D eigenvalue weighted by Gasteiger charge is 2.20. The summed E-state index contributed by atoms with van der Waals surface area (Å²) in [7, 11) is 0. The molecule has 0 aromatic heterocycles. The van der Waals surface area contributed by atoms with Gasteiger partial charge in [-0.25, -0.2) is 0 Å². The van der Waals surface area contributed by atoms with Gasteiger partial charge in [-0.2, -0.15) is 0 Å². The number of hydrogen-bond donors (Lipinski definition) is 3. The Kier molecular flexibility index (Phi) is 62.4. The Labute approximate surface area is 457 Å². The first kappa shape index (κ1) is 71.9. The Balaban J connectivity index is 3.39. The van der Waals surface area contributed by atoms with E-state index in [0.717, 1.165) is 38.5 Å². The molecule has 3 N–H and O–H groups in total. The van der Waals surface area contributed by atoms with Crippen molar-refractivity contribution in [3.05, 3.63) is 0 Å². The van der Waals surface area contributed by atoms with Crippen molar-refractivity contribution in [2.75, 3.05) is 13.2 Å². The van der Waals surface area contributed by atoms with Crippen LogP contribution in [-0.2, 0) is 14.3 Å². The number of esters is 1. The summed E-state index contributed by atoms with van der Waals surface area (Å²) in [6, 6.07) is -0.544. The van der Waals surface area contributed by atoms with E-state index in [1.165, 1.54) is 321 Å². The minimum Gasteiger partial charge on any atom is -0.466 e. The molecule has 0 saturated heterocycles. The van der Waals surface area contributed by atoms with Crippen molar-refractivity contribution < 1.29 is 24.5 Å². The summed E-state index contributed by atoms with van der Waals surface area (Å²) >= 11 is 0. The maximum absolute atomic E-state index is 12.5. The van der Waals surface area contributed by atoms with Gasteiger partial charge in [0.05, 0.1) is 25.4 Å². The number of unbranched alkanes of at least 4 members (excludes halogenated alkanes) is 53. The monoisotopic (exact) mass is 1030 g/mol. The van der Waals surface area contributed by atoms with Crippen LogP contribution in [0.25, 0.3) is 0 Å². The summed E-state index contributed by atoms with van der Waals surface area (Å²) in [5.41, 5.74) is 0. The average molecular weight is 1030 g/mol. The van der Waals surface area contributed by atoms with Crippen LogP contribution in [0.1, 0.15) is 393 Å². The van der Waals surface area contributed by atoms with E-state index >= 15 is 0 Å². The summed E-state index contributed by atoms with van der Waals surface area (Å²) in [4.78, 5) is 24.6. The predicted octanol–water partition coefficient (Wildman–Crippen LogP) is 21.4. The number of carbonyl (C=O) groups excluding carboxylic acids is 2. The van der Waals surface area contributed by atoms with Crippen LogP contribution >= 0.6 is 0 Å². The van der Waals surface area contributed by atoms with E-state index in [-0.39, 0.29) is 18.5 Å². The normalized spacial score (nSPS) is 12.4. The smallest absolute Gasteiger partial charge is 0.305 e. The van der Waals surface area contributed by atoms with Gasteiger partial charge in [-0.15, -0.1) is 0 Å². The van der Waals surface area contributed by atoms with Gasteiger partial charge in [0.15, 0.2) is 0 Å². The second-order valence-corrected chi connectivity index (χ2v) is 23.5. The minimum absolute atomic E-state index is 0.0113.